The van der Waals surface area contributed by atoms with Gasteiger partial charge in [-0.05, 0) is 17.7 Å². The zero-order valence-electron chi connectivity index (χ0n) is 9.92. The molecule has 0 amide bonds. The first-order valence-corrected chi connectivity index (χ1v) is 6.67. The lowest BCUT2D eigenvalue weighted by Gasteiger charge is -2.07. The van der Waals surface area contributed by atoms with E-state index in [2.05, 4.69) is 0 Å². The standard InChI is InChI=1S/C11H14N2O4S/c1-16-8-9-17-13-18(14,15)11-4-2-10(3-5-11)6-7-12/h2-5,13H,6,8-9H2,1H3. The zero-order chi connectivity index (χ0) is 13.4. The highest BCUT2D eigenvalue weighted by atomic mass is 32.2. The molecule has 1 aromatic rings. The van der Waals surface area contributed by atoms with Crippen molar-refractivity contribution in [1.82, 2.24) is 4.89 Å². The number of nitrogens with zero attached hydrogens (tertiary/aromatic N) is 1. The quantitative estimate of drug-likeness (QED) is 0.579. The van der Waals surface area contributed by atoms with Gasteiger partial charge in [0, 0.05) is 7.11 Å². The maximum absolute atomic E-state index is 11.7. The molecular weight excluding hydrogens is 256 g/mol. The van der Waals surface area contributed by atoms with Crippen molar-refractivity contribution >= 4 is 10.0 Å². The van der Waals surface area contributed by atoms with Gasteiger partial charge in [0.25, 0.3) is 10.0 Å². The lowest BCUT2D eigenvalue weighted by Crippen LogP contribution is -2.25. The fourth-order valence-electron chi connectivity index (χ4n) is 1.17. The molecule has 0 radical (unpaired) electrons. The Balaban J connectivity index is 2.64. The molecule has 0 unspecified atom stereocenters. The van der Waals surface area contributed by atoms with Gasteiger partial charge in [0.2, 0.25) is 0 Å². The third-order valence-corrected chi connectivity index (χ3v) is 3.31. The highest BCUT2D eigenvalue weighted by molar-refractivity contribution is 7.89. The van der Waals surface area contributed by atoms with Crippen molar-refractivity contribution < 1.29 is 18.0 Å². The van der Waals surface area contributed by atoms with Gasteiger partial charge >= 0.3 is 0 Å². The second kappa shape index (κ2) is 7.08. The first-order chi connectivity index (χ1) is 8.60. The Labute approximate surface area is 106 Å². The molecule has 7 heteroatoms. The second-order valence-corrected chi connectivity index (χ2v) is 5.05. The van der Waals surface area contributed by atoms with Gasteiger partial charge in [0.1, 0.15) is 0 Å². The largest absolute Gasteiger partial charge is 0.382 e. The summed E-state index contributed by atoms with van der Waals surface area (Å²) in [6, 6.07) is 8.02. The molecule has 0 bridgehead atoms. The molecule has 1 aromatic carbocycles. The molecule has 0 aliphatic rings. The van der Waals surface area contributed by atoms with Gasteiger partial charge in [-0.1, -0.05) is 17.0 Å². The predicted octanol–water partition coefficient (Wildman–Crippen LogP) is 0.609. The van der Waals surface area contributed by atoms with Crippen LogP contribution in [0, 0.1) is 11.3 Å². The van der Waals surface area contributed by atoms with Crippen molar-refractivity contribution in [2.45, 2.75) is 11.3 Å². The third kappa shape index (κ3) is 4.43. The first-order valence-electron chi connectivity index (χ1n) is 5.18. The predicted molar refractivity (Wildman–Crippen MR) is 63.9 cm³/mol. The summed E-state index contributed by atoms with van der Waals surface area (Å²) in [6.45, 7) is 0.422. The number of hydrogen-bond donors (Lipinski definition) is 1. The summed E-state index contributed by atoms with van der Waals surface area (Å²) in [5, 5.41) is 8.50. The summed E-state index contributed by atoms with van der Waals surface area (Å²) < 4.78 is 28.2. The van der Waals surface area contributed by atoms with E-state index < -0.39 is 10.0 Å². The van der Waals surface area contributed by atoms with E-state index in [4.69, 9.17) is 14.8 Å². The summed E-state index contributed by atoms with van der Waals surface area (Å²) in [4.78, 5) is 6.83. The van der Waals surface area contributed by atoms with Crippen molar-refractivity contribution in [1.29, 1.82) is 5.26 Å². The molecule has 18 heavy (non-hydrogen) atoms. The molecule has 0 saturated heterocycles. The van der Waals surface area contributed by atoms with Crippen LogP contribution in [-0.4, -0.2) is 28.7 Å². The summed E-state index contributed by atoms with van der Waals surface area (Å²) >= 11 is 0. The van der Waals surface area contributed by atoms with Crippen LogP contribution in [-0.2, 0) is 26.0 Å². The smallest absolute Gasteiger partial charge is 0.262 e. The van der Waals surface area contributed by atoms with E-state index in [1.54, 1.807) is 12.1 Å². The zero-order valence-corrected chi connectivity index (χ0v) is 10.7. The van der Waals surface area contributed by atoms with Crippen LogP contribution in [0.1, 0.15) is 5.56 Å². The monoisotopic (exact) mass is 270 g/mol. The molecule has 0 aliphatic heterocycles. The SMILES string of the molecule is COCCONS(=O)(=O)c1ccc(CC#N)cc1. The highest BCUT2D eigenvalue weighted by Crippen LogP contribution is 2.10. The van der Waals surface area contributed by atoms with Gasteiger partial charge in [-0.2, -0.15) is 5.26 Å². The highest BCUT2D eigenvalue weighted by Gasteiger charge is 2.13. The molecule has 0 aliphatic carbocycles. The van der Waals surface area contributed by atoms with Crippen LogP contribution in [0.3, 0.4) is 0 Å². The first kappa shape index (κ1) is 14.6. The minimum Gasteiger partial charge on any atom is -0.382 e. The Morgan fingerprint density at radius 1 is 1.28 bits per heavy atom. The molecule has 1 rings (SSSR count). The van der Waals surface area contributed by atoms with Gasteiger partial charge in [-0.3, -0.25) is 4.84 Å². The molecule has 0 aromatic heterocycles. The molecule has 6 nitrogen and oxygen atoms in total. The Morgan fingerprint density at radius 3 is 2.50 bits per heavy atom. The Morgan fingerprint density at radius 2 is 1.94 bits per heavy atom. The minimum absolute atomic E-state index is 0.0848. The van der Waals surface area contributed by atoms with Gasteiger partial charge in [-0.15, -0.1) is 0 Å². The fraction of sp³-hybridized carbons (Fsp3) is 0.364. The Kier molecular flexibility index (Phi) is 5.74. The van der Waals surface area contributed by atoms with Crippen LogP contribution < -0.4 is 4.89 Å². The van der Waals surface area contributed by atoms with Gasteiger partial charge < -0.3 is 4.74 Å². The van der Waals surface area contributed by atoms with Crippen LogP contribution in [0.2, 0.25) is 0 Å². The normalized spacial score (nSPS) is 11.1. The Bertz CT molecular complexity index is 505. The van der Waals surface area contributed by atoms with E-state index in [1.165, 1.54) is 19.2 Å². The van der Waals surface area contributed by atoms with E-state index in [0.717, 1.165) is 5.56 Å². The number of sulfonamides is 1. The third-order valence-electron chi connectivity index (χ3n) is 2.07. The van der Waals surface area contributed by atoms with E-state index in [-0.39, 0.29) is 17.9 Å². The van der Waals surface area contributed by atoms with Crippen molar-refractivity contribution in [3.63, 3.8) is 0 Å². The van der Waals surface area contributed by atoms with Gasteiger partial charge in [-0.25, -0.2) is 8.42 Å². The Hall–Kier alpha value is -1.46. The lowest BCUT2D eigenvalue weighted by molar-refractivity contribution is 0.0438. The molecule has 1 N–H and O–H groups in total. The van der Waals surface area contributed by atoms with E-state index >= 15 is 0 Å². The summed E-state index contributed by atoms with van der Waals surface area (Å²) in [7, 11) is -2.19. The molecule has 0 saturated carbocycles. The average Bonchev–Trinajstić information content (AvgIpc) is 2.36. The number of nitrogens with one attached hydrogen (secondary N) is 1. The maximum Gasteiger partial charge on any atom is 0.262 e. The molecular formula is C11H14N2O4S. The van der Waals surface area contributed by atoms with Crippen LogP contribution in [0.15, 0.2) is 29.2 Å². The van der Waals surface area contributed by atoms with Crippen molar-refractivity contribution in [3.8, 4) is 6.07 Å². The summed E-state index contributed by atoms with van der Waals surface area (Å²) in [5.74, 6) is 0. The summed E-state index contributed by atoms with van der Waals surface area (Å²) in [6.07, 6.45) is 0.248. The van der Waals surface area contributed by atoms with E-state index in [1.807, 2.05) is 11.0 Å². The second-order valence-electron chi connectivity index (χ2n) is 3.41. The molecule has 0 spiro atoms. The maximum atomic E-state index is 11.7. The number of hydrogen-bond acceptors (Lipinski definition) is 5. The van der Waals surface area contributed by atoms with E-state index in [0.29, 0.717) is 6.61 Å². The fourth-order valence-corrected chi connectivity index (χ4v) is 2.00. The van der Waals surface area contributed by atoms with Crippen molar-refractivity contribution in [2.24, 2.45) is 0 Å². The van der Waals surface area contributed by atoms with Gasteiger partial charge in [0.05, 0.1) is 30.6 Å². The lowest BCUT2D eigenvalue weighted by atomic mass is 10.2. The van der Waals surface area contributed by atoms with Crippen LogP contribution in [0.5, 0.6) is 0 Å². The number of rotatable bonds is 7. The van der Waals surface area contributed by atoms with Crippen molar-refractivity contribution in [2.75, 3.05) is 20.3 Å². The number of nitriles is 1. The summed E-state index contributed by atoms with van der Waals surface area (Å²) in [5.41, 5.74) is 0.761. The topological polar surface area (TPSA) is 88.4 Å². The minimum atomic E-state index is -3.68. The number of ether oxygens (including phenoxy) is 1. The van der Waals surface area contributed by atoms with Crippen molar-refractivity contribution in [3.05, 3.63) is 29.8 Å². The van der Waals surface area contributed by atoms with Crippen LogP contribution in [0.25, 0.3) is 0 Å². The van der Waals surface area contributed by atoms with Crippen LogP contribution >= 0.6 is 0 Å². The molecule has 0 heterocycles. The van der Waals surface area contributed by atoms with Gasteiger partial charge in [0.15, 0.2) is 0 Å². The van der Waals surface area contributed by atoms with Crippen LogP contribution in [0.4, 0.5) is 0 Å². The number of methoxy groups -OCH3 is 1. The molecule has 0 atom stereocenters. The molecule has 0 fully saturated rings. The van der Waals surface area contributed by atoms with E-state index in [9.17, 15) is 8.42 Å². The molecule has 98 valence electrons. The number of benzene rings is 1. The average molecular weight is 270 g/mol.